The second-order valence-corrected chi connectivity index (χ2v) is 2.92. The molecule has 0 saturated heterocycles. The lowest BCUT2D eigenvalue weighted by Gasteiger charge is -2.16. The summed E-state index contributed by atoms with van der Waals surface area (Å²) < 4.78 is 0. The monoisotopic (exact) mass is 196 g/mol. The first-order valence-corrected chi connectivity index (χ1v) is 3.85. The molecule has 0 aromatic heterocycles. The van der Waals surface area contributed by atoms with Gasteiger partial charge < -0.3 is 20.4 Å². The molecule has 0 saturated carbocycles. The number of thiol groups is 1. The maximum Gasteiger partial charge on any atom is 0.178 e. The van der Waals surface area contributed by atoms with Gasteiger partial charge in [0.25, 0.3) is 0 Å². The number of hydrogen-bond acceptors (Lipinski definition) is 6. The van der Waals surface area contributed by atoms with Crippen LogP contribution in [0.2, 0.25) is 0 Å². The first-order valence-electron chi connectivity index (χ1n) is 3.34. The van der Waals surface area contributed by atoms with Gasteiger partial charge in [0.2, 0.25) is 0 Å². The van der Waals surface area contributed by atoms with Gasteiger partial charge in [-0.05, 0) is 0 Å². The van der Waals surface area contributed by atoms with Crippen LogP contribution in [0.15, 0.2) is 0 Å². The van der Waals surface area contributed by atoms with Crippen molar-refractivity contribution in [1.29, 1.82) is 0 Å². The average molecular weight is 196 g/mol. The number of hydrogen-bond donors (Lipinski definition) is 5. The van der Waals surface area contributed by atoms with Gasteiger partial charge in [-0.25, -0.2) is 0 Å². The summed E-state index contributed by atoms with van der Waals surface area (Å²) in [5.41, 5.74) is 0. The average Bonchev–Trinajstić information content (AvgIpc) is 2.12. The van der Waals surface area contributed by atoms with Gasteiger partial charge in [-0.1, -0.05) is 0 Å². The molecule has 0 amide bonds. The third-order valence-electron chi connectivity index (χ3n) is 1.34. The minimum Gasteiger partial charge on any atom is -0.395 e. The van der Waals surface area contributed by atoms with E-state index < -0.39 is 36.5 Å². The Morgan fingerprint density at radius 2 is 1.75 bits per heavy atom. The van der Waals surface area contributed by atoms with Crippen LogP contribution < -0.4 is 0 Å². The molecule has 72 valence electrons. The van der Waals surface area contributed by atoms with Crippen molar-refractivity contribution in [1.82, 2.24) is 0 Å². The Bertz CT molecular complexity index is 151. The number of rotatable bonds is 5. The number of aliphatic hydroxyl groups excluding tert-OH is 4. The fourth-order valence-corrected chi connectivity index (χ4v) is 0.729. The van der Waals surface area contributed by atoms with Crippen molar-refractivity contribution in [3.8, 4) is 0 Å². The summed E-state index contributed by atoms with van der Waals surface area (Å²) in [4.78, 5) is 10.9. The number of aliphatic hydroxyl groups is 4. The molecule has 5 nitrogen and oxygen atoms in total. The Hall–Kier alpha value is -0.140. The SMILES string of the molecule is O=C([C@H](S)CO)[C@H](O)[C@H](O)CO. The van der Waals surface area contributed by atoms with Gasteiger partial charge in [0.05, 0.1) is 18.5 Å². The fourth-order valence-electron chi connectivity index (χ4n) is 0.577. The molecule has 0 fully saturated rings. The Kier molecular flexibility index (Phi) is 5.43. The zero-order valence-electron chi connectivity index (χ0n) is 6.29. The minimum absolute atomic E-state index is 0.517. The molecule has 0 heterocycles. The lowest BCUT2D eigenvalue weighted by Crippen LogP contribution is -2.41. The summed E-state index contributed by atoms with van der Waals surface area (Å²) in [5.74, 6) is -0.803. The van der Waals surface area contributed by atoms with Crippen molar-refractivity contribution >= 4 is 18.4 Å². The van der Waals surface area contributed by atoms with Gasteiger partial charge in [0, 0.05) is 0 Å². The zero-order chi connectivity index (χ0) is 9.72. The molecule has 0 radical (unpaired) electrons. The van der Waals surface area contributed by atoms with Crippen LogP contribution in [0.4, 0.5) is 0 Å². The first kappa shape index (κ1) is 11.9. The molecule has 0 aliphatic heterocycles. The van der Waals surface area contributed by atoms with Crippen molar-refractivity contribution in [3.05, 3.63) is 0 Å². The fraction of sp³-hybridized carbons (Fsp3) is 0.833. The molecule has 0 aromatic carbocycles. The van der Waals surface area contributed by atoms with E-state index in [1.807, 2.05) is 0 Å². The second-order valence-electron chi connectivity index (χ2n) is 2.30. The zero-order valence-corrected chi connectivity index (χ0v) is 7.19. The van der Waals surface area contributed by atoms with Crippen LogP contribution in [0.1, 0.15) is 0 Å². The summed E-state index contributed by atoms with van der Waals surface area (Å²) in [6.45, 7) is -1.23. The standard InChI is InChI=1S/C6H12O5S/c7-1-3(9)5(10)6(11)4(12)2-8/h3-5,7-10,12H,1-2H2/t3-,4-,5-/m1/s1. The van der Waals surface area contributed by atoms with Crippen LogP contribution in [0.3, 0.4) is 0 Å². The van der Waals surface area contributed by atoms with E-state index in [2.05, 4.69) is 12.6 Å². The lowest BCUT2D eigenvalue weighted by molar-refractivity contribution is -0.134. The van der Waals surface area contributed by atoms with E-state index in [4.69, 9.17) is 20.4 Å². The molecule has 6 heteroatoms. The van der Waals surface area contributed by atoms with Gasteiger partial charge in [-0.15, -0.1) is 0 Å². The van der Waals surface area contributed by atoms with Gasteiger partial charge in [-0.2, -0.15) is 12.6 Å². The van der Waals surface area contributed by atoms with Crippen LogP contribution in [-0.2, 0) is 4.79 Å². The summed E-state index contributed by atoms with van der Waals surface area (Å²) >= 11 is 3.65. The van der Waals surface area contributed by atoms with Crippen LogP contribution in [0.25, 0.3) is 0 Å². The van der Waals surface area contributed by atoms with Crippen molar-refractivity contribution in [2.24, 2.45) is 0 Å². The number of carbonyl (C=O) groups excluding carboxylic acids is 1. The normalized spacial score (nSPS) is 18.4. The highest BCUT2D eigenvalue weighted by molar-refractivity contribution is 7.81. The molecule has 0 aliphatic carbocycles. The van der Waals surface area contributed by atoms with Crippen molar-refractivity contribution in [3.63, 3.8) is 0 Å². The highest BCUT2D eigenvalue weighted by Gasteiger charge is 2.27. The van der Waals surface area contributed by atoms with E-state index in [0.717, 1.165) is 0 Å². The van der Waals surface area contributed by atoms with Crippen LogP contribution in [0, 0.1) is 0 Å². The highest BCUT2D eigenvalue weighted by atomic mass is 32.1. The quantitative estimate of drug-likeness (QED) is 0.315. The van der Waals surface area contributed by atoms with Crippen molar-refractivity contribution < 1.29 is 25.2 Å². The maximum absolute atomic E-state index is 10.9. The van der Waals surface area contributed by atoms with E-state index in [0.29, 0.717) is 0 Å². The molecule has 3 atom stereocenters. The number of ketones is 1. The highest BCUT2D eigenvalue weighted by Crippen LogP contribution is 2.03. The molecule has 12 heavy (non-hydrogen) atoms. The molecule has 0 aliphatic rings. The topological polar surface area (TPSA) is 98.0 Å². The molecule has 0 unspecified atom stereocenters. The van der Waals surface area contributed by atoms with Crippen LogP contribution in [-0.4, -0.2) is 56.9 Å². The smallest absolute Gasteiger partial charge is 0.178 e. The molecule has 0 bridgehead atoms. The largest absolute Gasteiger partial charge is 0.395 e. The van der Waals surface area contributed by atoms with Gasteiger partial charge >= 0.3 is 0 Å². The Labute approximate surface area is 75.1 Å². The van der Waals surface area contributed by atoms with E-state index in [-0.39, 0.29) is 0 Å². The Balaban J connectivity index is 4.09. The third kappa shape index (κ3) is 3.08. The van der Waals surface area contributed by atoms with Gasteiger partial charge in [0.15, 0.2) is 5.78 Å². The predicted octanol–water partition coefficient (Wildman–Crippen LogP) is -2.44. The van der Waals surface area contributed by atoms with Crippen molar-refractivity contribution in [2.75, 3.05) is 13.2 Å². The molecule has 0 spiro atoms. The number of carbonyl (C=O) groups is 1. The van der Waals surface area contributed by atoms with Gasteiger partial charge in [0.1, 0.15) is 12.2 Å². The van der Waals surface area contributed by atoms with Gasteiger partial charge in [-0.3, -0.25) is 4.79 Å². The summed E-state index contributed by atoms with van der Waals surface area (Å²) in [5, 5.41) is 33.6. The maximum atomic E-state index is 10.9. The molecular weight excluding hydrogens is 184 g/mol. The van der Waals surface area contributed by atoms with E-state index in [1.54, 1.807) is 0 Å². The van der Waals surface area contributed by atoms with Crippen LogP contribution >= 0.6 is 12.6 Å². The minimum atomic E-state index is -1.69. The molecule has 4 N–H and O–H groups in total. The van der Waals surface area contributed by atoms with E-state index in [9.17, 15) is 4.79 Å². The third-order valence-corrected chi connectivity index (χ3v) is 1.76. The summed E-state index contributed by atoms with van der Waals surface area (Å²) in [6.07, 6.45) is -3.21. The molecular formula is C6H12O5S. The molecule has 0 rings (SSSR count). The van der Waals surface area contributed by atoms with E-state index in [1.165, 1.54) is 0 Å². The summed E-state index contributed by atoms with van der Waals surface area (Å²) in [6, 6.07) is 0. The predicted molar refractivity (Wildman–Crippen MR) is 44.0 cm³/mol. The van der Waals surface area contributed by atoms with E-state index >= 15 is 0 Å². The second kappa shape index (κ2) is 5.50. The number of Topliss-reactive ketones (excluding diaryl/α,β-unsaturated/α-hetero) is 1. The lowest BCUT2D eigenvalue weighted by atomic mass is 10.1. The first-order chi connectivity index (χ1) is 5.54. The van der Waals surface area contributed by atoms with Crippen molar-refractivity contribution in [2.45, 2.75) is 17.5 Å². The Morgan fingerprint density at radius 3 is 2.08 bits per heavy atom. The summed E-state index contributed by atoms with van der Waals surface area (Å²) in [7, 11) is 0. The van der Waals surface area contributed by atoms with Crippen LogP contribution in [0.5, 0.6) is 0 Å². The Morgan fingerprint density at radius 1 is 1.25 bits per heavy atom. The molecule has 0 aromatic rings.